The fourth-order valence-electron chi connectivity index (χ4n) is 4.00. The molecule has 7 heteroatoms. The number of ether oxygens (including phenoxy) is 1. The fourth-order valence-corrected chi connectivity index (χ4v) is 4.00. The molecular formula is C22H31N3O4. The number of amides is 3. The number of nitrogens with zero attached hydrogens (tertiary/aromatic N) is 2. The van der Waals surface area contributed by atoms with Crippen molar-refractivity contribution in [3.8, 4) is 5.75 Å². The van der Waals surface area contributed by atoms with Crippen LogP contribution < -0.4 is 10.1 Å². The highest BCUT2D eigenvalue weighted by molar-refractivity contribution is 5.85. The van der Waals surface area contributed by atoms with Gasteiger partial charge in [0.05, 0.1) is 20.1 Å². The number of rotatable bonds is 7. The molecule has 0 radical (unpaired) electrons. The Bertz CT molecular complexity index is 719. The van der Waals surface area contributed by atoms with Crippen molar-refractivity contribution in [1.29, 1.82) is 0 Å². The summed E-state index contributed by atoms with van der Waals surface area (Å²) in [6.45, 7) is 2.82. The van der Waals surface area contributed by atoms with Crippen LogP contribution in [0.4, 0.5) is 0 Å². The summed E-state index contributed by atoms with van der Waals surface area (Å²) in [5.41, 5.74) is 0.940. The average Bonchev–Trinajstić information content (AvgIpc) is 2.74. The molecular weight excluding hydrogens is 370 g/mol. The van der Waals surface area contributed by atoms with Crippen molar-refractivity contribution in [2.24, 2.45) is 5.92 Å². The summed E-state index contributed by atoms with van der Waals surface area (Å²) in [6, 6.07) is 7.48. The topological polar surface area (TPSA) is 79.0 Å². The van der Waals surface area contributed by atoms with Gasteiger partial charge in [-0.25, -0.2) is 0 Å². The first-order chi connectivity index (χ1) is 14.0. The lowest BCUT2D eigenvalue weighted by Crippen LogP contribution is -2.49. The predicted molar refractivity (Wildman–Crippen MR) is 109 cm³/mol. The molecule has 3 rings (SSSR count). The zero-order valence-electron chi connectivity index (χ0n) is 17.2. The Morgan fingerprint density at radius 1 is 1.14 bits per heavy atom. The second-order valence-corrected chi connectivity index (χ2v) is 7.95. The summed E-state index contributed by atoms with van der Waals surface area (Å²) in [6.07, 6.45) is 4.70. The first-order valence-electron chi connectivity index (χ1n) is 10.5. The van der Waals surface area contributed by atoms with Gasteiger partial charge in [0.25, 0.3) is 0 Å². The quantitative estimate of drug-likeness (QED) is 0.753. The molecule has 2 heterocycles. The minimum absolute atomic E-state index is 0.0162. The summed E-state index contributed by atoms with van der Waals surface area (Å²) < 4.78 is 5.13. The van der Waals surface area contributed by atoms with Crippen molar-refractivity contribution < 1.29 is 19.1 Å². The molecule has 158 valence electrons. The number of hydrogen-bond donors (Lipinski definition) is 1. The second-order valence-electron chi connectivity index (χ2n) is 7.95. The molecule has 2 aliphatic heterocycles. The molecule has 0 saturated carbocycles. The largest absolute Gasteiger partial charge is 0.497 e. The maximum Gasteiger partial charge on any atom is 0.242 e. The molecule has 1 N–H and O–H groups in total. The summed E-state index contributed by atoms with van der Waals surface area (Å²) in [5.74, 6) is 1.12. The normalized spacial score (nSPS) is 19.8. The van der Waals surface area contributed by atoms with Crippen molar-refractivity contribution in [2.75, 3.05) is 39.8 Å². The van der Waals surface area contributed by atoms with Crippen molar-refractivity contribution in [1.82, 2.24) is 15.1 Å². The molecule has 2 fully saturated rings. The van der Waals surface area contributed by atoms with E-state index in [-0.39, 0.29) is 30.2 Å². The smallest absolute Gasteiger partial charge is 0.242 e. The van der Waals surface area contributed by atoms with E-state index < -0.39 is 0 Å². The monoisotopic (exact) mass is 401 g/mol. The number of hydrogen-bond acceptors (Lipinski definition) is 4. The van der Waals surface area contributed by atoms with Crippen molar-refractivity contribution in [3.63, 3.8) is 0 Å². The van der Waals surface area contributed by atoms with Gasteiger partial charge in [-0.15, -0.1) is 0 Å². The molecule has 1 unspecified atom stereocenters. The van der Waals surface area contributed by atoms with E-state index in [4.69, 9.17) is 4.74 Å². The fraction of sp³-hybridized carbons (Fsp3) is 0.591. The third kappa shape index (κ3) is 6.21. The Labute approximate surface area is 172 Å². The standard InChI is InChI=1S/C22H31N3O4/c1-29-19-9-7-17(8-10-19)13-20(26)23-14-18-5-4-12-24(15-18)22(28)16-25-11-3-2-6-21(25)27/h7-10,18H,2-6,11-16H2,1H3,(H,23,26). The van der Waals surface area contributed by atoms with Crippen LogP contribution in [0.1, 0.15) is 37.7 Å². The molecule has 0 bridgehead atoms. The van der Waals surface area contributed by atoms with Crippen LogP contribution in [-0.2, 0) is 20.8 Å². The molecule has 0 spiro atoms. The highest BCUT2D eigenvalue weighted by Gasteiger charge is 2.27. The Kier molecular flexibility index (Phi) is 7.49. The summed E-state index contributed by atoms with van der Waals surface area (Å²) >= 11 is 0. The molecule has 2 aliphatic rings. The molecule has 1 atom stereocenters. The zero-order valence-corrected chi connectivity index (χ0v) is 17.2. The van der Waals surface area contributed by atoms with E-state index in [2.05, 4.69) is 5.32 Å². The van der Waals surface area contributed by atoms with Gasteiger partial charge in [-0.2, -0.15) is 0 Å². The van der Waals surface area contributed by atoms with Gasteiger partial charge in [-0.1, -0.05) is 12.1 Å². The Balaban J connectivity index is 1.42. The van der Waals surface area contributed by atoms with Crippen molar-refractivity contribution in [3.05, 3.63) is 29.8 Å². The first-order valence-corrected chi connectivity index (χ1v) is 10.5. The zero-order chi connectivity index (χ0) is 20.6. The molecule has 2 saturated heterocycles. The number of carbonyl (C=O) groups is 3. The van der Waals surface area contributed by atoms with E-state index in [9.17, 15) is 14.4 Å². The van der Waals surface area contributed by atoms with E-state index in [1.807, 2.05) is 29.2 Å². The van der Waals surface area contributed by atoms with Gasteiger partial charge >= 0.3 is 0 Å². The van der Waals surface area contributed by atoms with Gasteiger partial charge in [0.2, 0.25) is 17.7 Å². The summed E-state index contributed by atoms with van der Waals surface area (Å²) in [5, 5.41) is 3.00. The number of carbonyl (C=O) groups excluding carboxylic acids is 3. The maximum absolute atomic E-state index is 12.6. The van der Waals surface area contributed by atoms with Crippen molar-refractivity contribution in [2.45, 2.75) is 38.5 Å². The third-order valence-corrected chi connectivity index (χ3v) is 5.73. The molecule has 7 nitrogen and oxygen atoms in total. The average molecular weight is 402 g/mol. The van der Waals surface area contributed by atoms with Crippen LogP contribution in [0.3, 0.4) is 0 Å². The molecule has 1 aromatic carbocycles. The Hall–Kier alpha value is -2.57. The minimum atomic E-state index is -0.0162. The van der Waals surface area contributed by atoms with Crippen LogP contribution in [0.5, 0.6) is 5.75 Å². The summed E-state index contributed by atoms with van der Waals surface area (Å²) in [4.78, 5) is 40.4. The van der Waals surface area contributed by atoms with Crippen LogP contribution in [-0.4, -0.2) is 67.4 Å². The van der Waals surface area contributed by atoms with Gasteiger partial charge in [0.15, 0.2) is 0 Å². The molecule has 3 amide bonds. The number of piperidine rings is 2. The van der Waals surface area contributed by atoms with Gasteiger partial charge in [-0.05, 0) is 49.3 Å². The number of benzene rings is 1. The van der Waals surface area contributed by atoms with E-state index in [1.165, 1.54) is 0 Å². The summed E-state index contributed by atoms with van der Waals surface area (Å²) in [7, 11) is 1.62. The number of likely N-dealkylation sites (tertiary alicyclic amines) is 2. The van der Waals surface area contributed by atoms with E-state index in [1.54, 1.807) is 12.0 Å². The maximum atomic E-state index is 12.6. The van der Waals surface area contributed by atoms with Gasteiger partial charge in [0.1, 0.15) is 5.75 Å². The Morgan fingerprint density at radius 3 is 2.66 bits per heavy atom. The van der Waals surface area contributed by atoms with E-state index in [0.29, 0.717) is 32.5 Å². The molecule has 0 aliphatic carbocycles. The molecule has 29 heavy (non-hydrogen) atoms. The second kappa shape index (κ2) is 10.3. The van der Waals surface area contributed by atoms with Crippen LogP contribution >= 0.6 is 0 Å². The van der Waals surface area contributed by atoms with Crippen LogP contribution in [0.15, 0.2) is 24.3 Å². The van der Waals surface area contributed by atoms with E-state index in [0.717, 1.165) is 43.5 Å². The SMILES string of the molecule is COc1ccc(CC(=O)NCC2CCCN(C(=O)CN3CCCCC3=O)C2)cc1. The first kappa shape index (κ1) is 21.1. The van der Waals surface area contributed by atoms with E-state index >= 15 is 0 Å². The molecule has 1 aromatic rings. The Morgan fingerprint density at radius 2 is 1.93 bits per heavy atom. The van der Waals surface area contributed by atoms with Gasteiger partial charge in [-0.3, -0.25) is 14.4 Å². The lowest BCUT2D eigenvalue weighted by Gasteiger charge is -2.35. The van der Waals surface area contributed by atoms with Crippen LogP contribution in [0, 0.1) is 5.92 Å². The van der Waals surface area contributed by atoms with Crippen LogP contribution in [0.2, 0.25) is 0 Å². The predicted octanol–water partition coefficient (Wildman–Crippen LogP) is 1.60. The highest BCUT2D eigenvalue weighted by Crippen LogP contribution is 2.18. The number of nitrogens with one attached hydrogen (secondary N) is 1. The van der Waals surface area contributed by atoms with Crippen molar-refractivity contribution >= 4 is 17.7 Å². The minimum Gasteiger partial charge on any atom is -0.497 e. The lowest BCUT2D eigenvalue weighted by atomic mass is 9.97. The highest BCUT2D eigenvalue weighted by atomic mass is 16.5. The molecule has 0 aromatic heterocycles. The number of methoxy groups -OCH3 is 1. The third-order valence-electron chi connectivity index (χ3n) is 5.73. The van der Waals surface area contributed by atoms with Crippen LogP contribution in [0.25, 0.3) is 0 Å². The lowest BCUT2D eigenvalue weighted by molar-refractivity contribution is -0.142. The van der Waals surface area contributed by atoms with Gasteiger partial charge in [0, 0.05) is 32.6 Å². The van der Waals surface area contributed by atoms with Gasteiger partial charge < -0.3 is 19.9 Å².